The Morgan fingerprint density at radius 2 is 1.79 bits per heavy atom. The van der Waals surface area contributed by atoms with Crippen molar-refractivity contribution >= 4 is 29.2 Å². The molecule has 0 fully saturated rings. The zero-order valence-corrected chi connectivity index (χ0v) is 11.1. The van der Waals surface area contributed by atoms with Crippen molar-refractivity contribution in [3.05, 3.63) is 40.9 Å². The Morgan fingerprint density at radius 1 is 1.16 bits per heavy atom. The van der Waals surface area contributed by atoms with Crippen molar-refractivity contribution in [2.45, 2.75) is 13.0 Å². The summed E-state index contributed by atoms with van der Waals surface area (Å²) in [6.45, 7) is 2.01. The standard InChI is InChI=1S/C12H15ClN6/c1-7(8-2-4-9(13)5-3-8)16-10-6-11(19-15)18-12(14)17-10/h2-7H,15H2,1H3,(H4,14,16,17,18,19). The van der Waals surface area contributed by atoms with E-state index in [1.165, 1.54) is 0 Å². The van der Waals surface area contributed by atoms with Crippen LogP contribution >= 0.6 is 11.6 Å². The second-order valence-corrected chi connectivity index (χ2v) is 4.49. The van der Waals surface area contributed by atoms with Gasteiger partial charge in [0, 0.05) is 17.1 Å². The van der Waals surface area contributed by atoms with E-state index < -0.39 is 0 Å². The van der Waals surface area contributed by atoms with Crippen LogP contribution in [0.25, 0.3) is 0 Å². The highest BCUT2D eigenvalue weighted by Crippen LogP contribution is 2.21. The van der Waals surface area contributed by atoms with Gasteiger partial charge < -0.3 is 16.5 Å². The van der Waals surface area contributed by atoms with Crippen molar-refractivity contribution in [2.24, 2.45) is 5.84 Å². The van der Waals surface area contributed by atoms with Crippen LogP contribution in [0.1, 0.15) is 18.5 Å². The molecule has 0 radical (unpaired) electrons. The molecule has 0 saturated carbocycles. The number of nitrogens with two attached hydrogens (primary N) is 2. The molecule has 0 amide bonds. The molecule has 1 aromatic carbocycles. The summed E-state index contributed by atoms with van der Waals surface area (Å²) in [5.41, 5.74) is 9.12. The lowest BCUT2D eigenvalue weighted by atomic mass is 10.1. The summed E-state index contributed by atoms with van der Waals surface area (Å²) in [5.74, 6) is 6.52. The summed E-state index contributed by atoms with van der Waals surface area (Å²) in [4.78, 5) is 8.02. The van der Waals surface area contributed by atoms with Crippen LogP contribution in [0, 0.1) is 0 Å². The van der Waals surface area contributed by atoms with E-state index in [1.807, 2.05) is 31.2 Å². The van der Waals surface area contributed by atoms with Crippen LogP contribution in [0.4, 0.5) is 17.6 Å². The zero-order chi connectivity index (χ0) is 13.8. The Balaban J connectivity index is 2.16. The highest BCUT2D eigenvalue weighted by molar-refractivity contribution is 6.30. The smallest absolute Gasteiger partial charge is 0.223 e. The van der Waals surface area contributed by atoms with Crippen LogP contribution in [-0.4, -0.2) is 9.97 Å². The Kier molecular flexibility index (Phi) is 4.03. The molecule has 0 aliphatic heterocycles. The van der Waals surface area contributed by atoms with Crippen molar-refractivity contribution in [2.75, 3.05) is 16.5 Å². The summed E-state index contributed by atoms with van der Waals surface area (Å²) < 4.78 is 0. The lowest BCUT2D eigenvalue weighted by Gasteiger charge is -2.15. The maximum absolute atomic E-state index is 5.86. The van der Waals surface area contributed by atoms with Crippen LogP contribution in [-0.2, 0) is 0 Å². The molecule has 0 aliphatic carbocycles. The van der Waals surface area contributed by atoms with Gasteiger partial charge in [0.15, 0.2) is 0 Å². The van der Waals surface area contributed by atoms with Gasteiger partial charge in [-0.05, 0) is 24.6 Å². The highest BCUT2D eigenvalue weighted by atomic mass is 35.5. The topological polar surface area (TPSA) is 102 Å². The van der Waals surface area contributed by atoms with Gasteiger partial charge >= 0.3 is 0 Å². The van der Waals surface area contributed by atoms with E-state index in [-0.39, 0.29) is 12.0 Å². The molecule has 0 saturated heterocycles. The maximum atomic E-state index is 5.86. The highest BCUT2D eigenvalue weighted by Gasteiger charge is 2.08. The zero-order valence-electron chi connectivity index (χ0n) is 10.4. The van der Waals surface area contributed by atoms with Crippen LogP contribution < -0.4 is 22.3 Å². The van der Waals surface area contributed by atoms with Gasteiger partial charge in [-0.15, -0.1) is 0 Å². The summed E-state index contributed by atoms with van der Waals surface area (Å²) >= 11 is 5.86. The number of benzene rings is 1. The first-order valence-electron chi connectivity index (χ1n) is 5.71. The van der Waals surface area contributed by atoms with Gasteiger partial charge in [0.1, 0.15) is 11.6 Å². The molecule has 6 nitrogen and oxygen atoms in total. The minimum Gasteiger partial charge on any atom is -0.368 e. The minimum atomic E-state index is 0.0530. The number of halogens is 1. The Hall–Kier alpha value is -2.05. The van der Waals surface area contributed by atoms with Gasteiger partial charge in [-0.3, -0.25) is 0 Å². The van der Waals surface area contributed by atoms with Crippen LogP contribution in [0.5, 0.6) is 0 Å². The second kappa shape index (κ2) is 5.73. The van der Waals surface area contributed by atoms with Crippen molar-refractivity contribution in [1.82, 2.24) is 9.97 Å². The fraction of sp³-hybridized carbons (Fsp3) is 0.167. The van der Waals surface area contributed by atoms with E-state index in [4.69, 9.17) is 23.2 Å². The van der Waals surface area contributed by atoms with E-state index in [1.54, 1.807) is 6.07 Å². The lowest BCUT2D eigenvalue weighted by molar-refractivity contribution is 0.873. The fourth-order valence-electron chi connectivity index (χ4n) is 1.67. The molecular formula is C12H15ClN6. The van der Waals surface area contributed by atoms with Crippen LogP contribution in [0.15, 0.2) is 30.3 Å². The number of nitrogens with zero attached hydrogens (tertiary/aromatic N) is 2. The normalized spacial score (nSPS) is 11.9. The number of anilines is 3. The fourth-order valence-corrected chi connectivity index (χ4v) is 1.80. The van der Waals surface area contributed by atoms with Crippen LogP contribution in [0.2, 0.25) is 5.02 Å². The number of aromatic nitrogens is 2. The van der Waals surface area contributed by atoms with E-state index in [9.17, 15) is 0 Å². The third-order valence-electron chi connectivity index (χ3n) is 2.63. The first-order chi connectivity index (χ1) is 9.08. The summed E-state index contributed by atoms with van der Waals surface area (Å²) in [6, 6.07) is 9.33. The van der Waals surface area contributed by atoms with Gasteiger partial charge in [-0.2, -0.15) is 9.97 Å². The van der Waals surface area contributed by atoms with Crippen molar-refractivity contribution in [1.29, 1.82) is 0 Å². The monoisotopic (exact) mass is 278 g/mol. The molecule has 1 unspecified atom stereocenters. The first-order valence-corrected chi connectivity index (χ1v) is 6.09. The number of hydrazine groups is 1. The van der Waals surface area contributed by atoms with Crippen molar-refractivity contribution < 1.29 is 0 Å². The molecule has 0 bridgehead atoms. The largest absolute Gasteiger partial charge is 0.368 e. The summed E-state index contributed by atoms with van der Waals surface area (Å²) in [5, 5.41) is 3.93. The average Bonchev–Trinajstić information content (AvgIpc) is 2.38. The quantitative estimate of drug-likeness (QED) is 0.505. The number of rotatable bonds is 4. The molecule has 0 spiro atoms. The first kappa shape index (κ1) is 13.4. The summed E-state index contributed by atoms with van der Waals surface area (Å²) in [7, 11) is 0. The number of nitrogen functional groups attached to an aromatic ring is 2. The molecule has 7 heteroatoms. The lowest BCUT2D eigenvalue weighted by Crippen LogP contribution is -2.13. The molecule has 2 aromatic rings. The Morgan fingerprint density at radius 3 is 2.42 bits per heavy atom. The van der Waals surface area contributed by atoms with Gasteiger partial charge in [-0.25, -0.2) is 5.84 Å². The predicted octanol–water partition coefficient (Wildman–Crippen LogP) is 2.17. The number of nitrogens with one attached hydrogen (secondary N) is 2. The third kappa shape index (κ3) is 3.46. The molecule has 1 heterocycles. The van der Waals surface area contributed by atoms with Crippen molar-refractivity contribution in [3.63, 3.8) is 0 Å². The van der Waals surface area contributed by atoms with Gasteiger partial charge in [-0.1, -0.05) is 23.7 Å². The average molecular weight is 279 g/mol. The van der Waals surface area contributed by atoms with E-state index in [2.05, 4.69) is 20.7 Å². The number of hydrogen-bond donors (Lipinski definition) is 4. The molecule has 19 heavy (non-hydrogen) atoms. The van der Waals surface area contributed by atoms with Crippen molar-refractivity contribution in [3.8, 4) is 0 Å². The predicted molar refractivity (Wildman–Crippen MR) is 77.7 cm³/mol. The molecule has 6 N–H and O–H groups in total. The van der Waals surface area contributed by atoms with E-state index in [0.29, 0.717) is 16.7 Å². The number of hydrogen-bond acceptors (Lipinski definition) is 6. The van der Waals surface area contributed by atoms with Gasteiger partial charge in [0.05, 0.1) is 0 Å². The molecule has 1 atom stereocenters. The summed E-state index contributed by atoms with van der Waals surface area (Å²) in [6.07, 6.45) is 0. The third-order valence-corrected chi connectivity index (χ3v) is 2.88. The molecule has 0 aliphatic rings. The molecule has 100 valence electrons. The van der Waals surface area contributed by atoms with E-state index >= 15 is 0 Å². The molecule has 1 aromatic heterocycles. The van der Waals surface area contributed by atoms with Gasteiger partial charge in [0.2, 0.25) is 5.95 Å². The maximum Gasteiger partial charge on any atom is 0.223 e. The Bertz CT molecular complexity index is 557. The second-order valence-electron chi connectivity index (χ2n) is 4.06. The SMILES string of the molecule is CC(Nc1cc(NN)nc(N)n1)c1ccc(Cl)cc1. The van der Waals surface area contributed by atoms with Crippen LogP contribution in [0.3, 0.4) is 0 Å². The molecule has 2 rings (SSSR count). The van der Waals surface area contributed by atoms with Gasteiger partial charge in [0.25, 0.3) is 0 Å². The minimum absolute atomic E-state index is 0.0530. The van der Waals surface area contributed by atoms with E-state index in [0.717, 1.165) is 5.56 Å². The Labute approximate surface area is 116 Å². The molecular weight excluding hydrogens is 264 g/mol.